The summed E-state index contributed by atoms with van der Waals surface area (Å²) >= 11 is 0. The van der Waals surface area contributed by atoms with Crippen LogP contribution in [0.15, 0.2) is 18.2 Å². The van der Waals surface area contributed by atoms with Gasteiger partial charge in [0, 0.05) is 18.8 Å². The monoisotopic (exact) mass is 264 g/mol. The molecule has 0 amide bonds. The third kappa shape index (κ3) is 3.22. The highest BCUT2D eigenvalue weighted by atomic mass is 19.1. The molecule has 0 aliphatic carbocycles. The molecule has 0 bridgehead atoms. The van der Waals surface area contributed by atoms with E-state index in [0.717, 1.165) is 0 Å². The number of rotatable bonds is 2. The van der Waals surface area contributed by atoms with Crippen molar-refractivity contribution in [3.8, 4) is 6.07 Å². The molecule has 1 aliphatic heterocycles. The van der Waals surface area contributed by atoms with Crippen LogP contribution >= 0.6 is 0 Å². The fraction of sp³-hybridized carbons (Fsp3) is 0.500. The predicted molar refractivity (Wildman–Crippen MR) is 69.4 cm³/mol. The van der Waals surface area contributed by atoms with Crippen LogP contribution in [0.1, 0.15) is 19.4 Å². The molecule has 1 aliphatic rings. The molecular weight excluding hydrogens is 247 g/mol. The van der Waals surface area contributed by atoms with Crippen molar-refractivity contribution in [3.05, 3.63) is 29.6 Å². The van der Waals surface area contributed by atoms with Crippen LogP contribution in [0.4, 0.5) is 10.1 Å². The average Bonchev–Trinajstić information content (AvgIpc) is 2.36. The van der Waals surface area contributed by atoms with E-state index in [-0.39, 0.29) is 12.7 Å². The van der Waals surface area contributed by atoms with Gasteiger partial charge in [-0.15, -0.1) is 0 Å². The first-order chi connectivity index (χ1) is 8.93. The van der Waals surface area contributed by atoms with Crippen molar-refractivity contribution < 1.29 is 14.2 Å². The molecule has 0 aromatic heterocycles. The van der Waals surface area contributed by atoms with Crippen molar-refractivity contribution >= 4 is 5.69 Å². The minimum Gasteiger partial charge on any atom is -0.394 e. The number of halogens is 1. The first-order valence-corrected chi connectivity index (χ1v) is 6.18. The molecule has 1 saturated heterocycles. The Bertz CT molecular complexity index is 511. The molecule has 0 spiro atoms. The first-order valence-electron chi connectivity index (χ1n) is 6.18. The van der Waals surface area contributed by atoms with Gasteiger partial charge in [0.05, 0.1) is 29.9 Å². The Hall–Kier alpha value is -1.64. The summed E-state index contributed by atoms with van der Waals surface area (Å²) in [6.07, 6.45) is -0.308. The zero-order chi connectivity index (χ0) is 14.0. The molecule has 1 fully saturated rings. The second-order valence-electron chi connectivity index (χ2n) is 5.37. The number of aliphatic hydroxyl groups is 1. The van der Waals surface area contributed by atoms with Crippen LogP contribution in [-0.4, -0.2) is 36.5 Å². The van der Waals surface area contributed by atoms with E-state index in [1.165, 1.54) is 12.1 Å². The number of anilines is 1. The average molecular weight is 264 g/mol. The second kappa shape index (κ2) is 5.16. The van der Waals surface area contributed by atoms with Crippen molar-refractivity contribution in [1.82, 2.24) is 0 Å². The minimum absolute atomic E-state index is 0.0830. The fourth-order valence-electron chi connectivity index (χ4n) is 2.41. The maximum absolute atomic E-state index is 13.5. The Kier molecular flexibility index (Phi) is 3.74. The lowest BCUT2D eigenvalue weighted by Gasteiger charge is -2.43. The third-order valence-electron chi connectivity index (χ3n) is 3.06. The topological polar surface area (TPSA) is 56.5 Å². The lowest BCUT2D eigenvalue weighted by atomic mass is 10.0. The zero-order valence-electron chi connectivity index (χ0n) is 11.1. The van der Waals surface area contributed by atoms with Crippen LogP contribution in [-0.2, 0) is 4.74 Å². The van der Waals surface area contributed by atoms with Gasteiger partial charge >= 0.3 is 0 Å². The largest absolute Gasteiger partial charge is 0.394 e. The maximum Gasteiger partial charge on any atom is 0.126 e. The molecule has 1 aromatic rings. The summed E-state index contributed by atoms with van der Waals surface area (Å²) in [7, 11) is 0. The van der Waals surface area contributed by atoms with Crippen LogP contribution in [0.25, 0.3) is 0 Å². The Balaban J connectivity index is 2.30. The lowest BCUT2D eigenvalue weighted by molar-refractivity contribution is -0.101. The number of nitrogens with zero attached hydrogens (tertiary/aromatic N) is 2. The van der Waals surface area contributed by atoms with E-state index in [4.69, 9.17) is 10.00 Å². The molecule has 5 heteroatoms. The standard InChI is InChI=1S/C14H17FN2O2/c1-14(2)9-17(7-13(8-18)19-14)12-4-10(6-16)3-11(15)5-12/h3-5,13,18H,7-9H2,1-2H3. The van der Waals surface area contributed by atoms with Crippen LogP contribution < -0.4 is 4.90 Å². The van der Waals surface area contributed by atoms with Crippen molar-refractivity contribution in [3.63, 3.8) is 0 Å². The fourth-order valence-corrected chi connectivity index (χ4v) is 2.41. The third-order valence-corrected chi connectivity index (χ3v) is 3.06. The van der Waals surface area contributed by atoms with Crippen molar-refractivity contribution in [2.75, 3.05) is 24.6 Å². The molecule has 0 saturated carbocycles. The summed E-state index contributed by atoms with van der Waals surface area (Å²) in [5, 5.41) is 18.2. The molecule has 1 N–H and O–H groups in total. The van der Waals surface area contributed by atoms with Gasteiger partial charge in [-0.2, -0.15) is 5.26 Å². The van der Waals surface area contributed by atoms with E-state index in [1.54, 1.807) is 6.07 Å². The summed E-state index contributed by atoms with van der Waals surface area (Å²) in [5.74, 6) is -0.432. The Labute approximate surface area is 112 Å². The van der Waals surface area contributed by atoms with E-state index < -0.39 is 11.4 Å². The molecule has 1 heterocycles. The van der Waals surface area contributed by atoms with Crippen LogP contribution in [0.3, 0.4) is 0 Å². The summed E-state index contributed by atoms with van der Waals surface area (Å²) in [6, 6.07) is 6.20. The molecule has 102 valence electrons. The number of hydrogen-bond acceptors (Lipinski definition) is 4. The number of aliphatic hydroxyl groups excluding tert-OH is 1. The van der Waals surface area contributed by atoms with Gasteiger partial charge in [0.15, 0.2) is 0 Å². The molecule has 0 radical (unpaired) electrons. The van der Waals surface area contributed by atoms with E-state index in [1.807, 2.05) is 24.8 Å². The van der Waals surface area contributed by atoms with Gasteiger partial charge in [-0.05, 0) is 32.0 Å². The molecule has 1 atom stereocenters. The summed E-state index contributed by atoms with van der Waals surface area (Å²) in [4.78, 5) is 1.94. The quantitative estimate of drug-likeness (QED) is 0.883. The summed E-state index contributed by atoms with van der Waals surface area (Å²) in [5.41, 5.74) is 0.510. The number of morpholine rings is 1. The Morgan fingerprint density at radius 3 is 2.89 bits per heavy atom. The Morgan fingerprint density at radius 1 is 1.53 bits per heavy atom. The first kappa shape index (κ1) is 13.8. The summed E-state index contributed by atoms with van der Waals surface area (Å²) in [6.45, 7) is 4.82. The molecule has 19 heavy (non-hydrogen) atoms. The van der Waals surface area contributed by atoms with E-state index >= 15 is 0 Å². The van der Waals surface area contributed by atoms with Crippen molar-refractivity contribution in [2.24, 2.45) is 0 Å². The minimum atomic E-state index is -0.432. The highest BCUT2D eigenvalue weighted by Crippen LogP contribution is 2.27. The van der Waals surface area contributed by atoms with Gasteiger partial charge in [0.1, 0.15) is 5.82 Å². The van der Waals surface area contributed by atoms with E-state index in [0.29, 0.717) is 24.3 Å². The normalized spacial score (nSPS) is 22.1. The number of hydrogen-bond donors (Lipinski definition) is 1. The van der Waals surface area contributed by atoms with Crippen molar-refractivity contribution in [1.29, 1.82) is 5.26 Å². The highest BCUT2D eigenvalue weighted by molar-refractivity contribution is 5.52. The molecule has 4 nitrogen and oxygen atoms in total. The Morgan fingerprint density at radius 2 is 2.26 bits per heavy atom. The van der Waals surface area contributed by atoms with Gasteiger partial charge in [0.25, 0.3) is 0 Å². The van der Waals surface area contributed by atoms with Crippen LogP contribution in [0.5, 0.6) is 0 Å². The van der Waals surface area contributed by atoms with E-state index in [9.17, 15) is 9.50 Å². The van der Waals surface area contributed by atoms with Crippen LogP contribution in [0.2, 0.25) is 0 Å². The lowest BCUT2D eigenvalue weighted by Crippen LogP contribution is -2.54. The number of ether oxygens (including phenoxy) is 1. The van der Waals surface area contributed by atoms with Gasteiger partial charge < -0.3 is 14.7 Å². The van der Waals surface area contributed by atoms with Crippen LogP contribution in [0, 0.1) is 17.1 Å². The summed E-state index contributed by atoms with van der Waals surface area (Å²) < 4.78 is 19.2. The molecule has 1 unspecified atom stereocenters. The van der Waals surface area contributed by atoms with E-state index in [2.05, 4.69) is 0 Å². The van der Waals surface area contributed by atoms with Gasteiger partial charge in [-0.3, -0.25) is 0 Å². The van der Waals surface area contributed by atoms with Crippen molar-refractivity contribution in [2.45, 2.75) is 25.6 Å². The predicted octanol–water partition coefficient (Wildman–Crippen LogP) is 1.67. The molecular formula is C14H17FN2O2. The SMILES string of the molecule is CC1(C)CN(c2cc(F)cc(C#N)c2)CC(CO)O1. The second-order valence-corrected chi connectivity index (χ2v) is 5.37. The van der Waals surface area contributed by atoms with Gasteiger partial charge in [-0.1, -0.05) is 0 Å². The highest BCUT2D eigenvalue weighted by Gasteiger charge is 2.33. The number of benzene rings is 1. The molecule has 1 aromatic carbocycles. The van der Waals surface area contributed by atoms with Gasteiger partial charge in [-0.25, -0.2) is 4.39 Å². The smallest absolute Gasteiger partial charge is 0.126 e. The molecule has 2 rings (SSSR count). The zero-order valence-corrected chi connectivity index (χ0v) is 11.1. The number of nitriles is 1. The van der Waals surface area contributed by atoms with Gasteiger partial charge in [0.2, 0.25) is 0 Å². The maximum atomic E-state index is 13.5.